The number of likely N-dealkylation sites (tertiary alicyclic amines) is 2. The van der Waals surface area contributed by atoms with Crippen molar-refractivity contribution in [1.82, 2.24) is 19.8 Å². The molecule has 0 saturated carbocycles. The third-order valence-corrected chi connectivity index (χ3v) is 5.00. The quantitative estimate of drug-likeness (QED) is 0.487. The third kappa shape index (κ3) is 5.49. The lowest BCUT2D eigenvalue weighted by atomic mass is 10.1. The molecule has 0 amide bonds. The lowest BCUT2D eigenvalue weighted by molar-refractivity contribution is -0.142. The zero-order chi connectivity index (χ0) is 21.7. The number of hydrogen-bond donors (Lipinski definition) is 3. The van der Waals surface area contributed by atoms with Gasteiger partial charge in [-0.05, 0) is 25.7 Å². The molecule has 166 valence electrons. The second-order valence-electron chi connectivity index (χ2n) is 7.30. The van der Waals surface area contributed by atoms with Crippen molar-refractivity contribution in [3.8, 4) is 5.88 Å². The number of hydrogen-bond acceptors (Lipinski definition) is 7. The molecule has 0 atom stereocenters. The molecule has 0 spiro atoms. The second kappa shape index (κ2) is 9.45. The van der Waals surface area contributed by atoms with E-state index in [1.165, 1.54) is 12.8 Å². The summed E-state index contributed by atoms with van der Waals surface area (Å²) in [7, 11) is 0. The summed E-state index contributed by atoms with van der Waals surface area (Å²) < 4.78 is 47.4. The first-order valence-corrected chi connectivity index (χ1v) is 9.88. The zero-order valence-corrected chi connectivity index (χ0v) is 16.5. The average Bonchev–Trinajstić information content (AvgIpc) is 3.19. The number of nitrogens with zero attached hydrogens (tertiary/aromatic N) is 4. The molecule has 12 heteroatoms. The van der Waals surface area contributed by atoms with E-state index in [1.54, 1.807) is 0 Å². The molecule has 3 aliphatic rings. The first kappa shape index (κ1) is 22.1. The summed E-state index contributed by atoms with van der Waals surface area (Å²) >= 11 is 0. The predicted molar refractivity (Wildman–Crippen MR) is 103 cm³/mol. The highest BCUT2D eigenvalue weighted by Gasteiger charge is 2.37. The Bertz CT molecular complexity index is 765. The Morgan fingerprint density at radius 3 is 2.40 bits per heavy atom. The first-order chi connectivity index (χ1) is 14.3. The molecule has 9 nitrogen and oxygen atoms in total. The minimum Gasteiger partial charge on any atom is -0.469 e. The maximum atomic E-state index is 12.5. The molecule has 3 fully saturated rings. The van der Waals surface area contributed by atoms with Crippen LogP contribution in [0.4, 0.5) is 19.1 Å². The van der Waals surface area contributed by atoms with E-state index in [0.717, 1.165) is 38.9 Å². The van der Waals surface area contributed by atoms with Gasteiger partial charge in [-0.25, -0.2) is 4.98 Å². The van der Waals surface area contributed by atoms with Gasteiger partial charge in [-0.3, -0.25) is 10.8 Å². The minimum atomic E-state index is -4.56. The largest absolute Gasteiger partial charge is 0.469 e. The van der Waals surface area contributed by atoms with Crippen LogP contribution in [0.3, 0.4) is 0 Å². The molecule has 1 aromatic heterocycles. The monoisotopic (exact) mass is 429 g/mol. The molecule has 3 saturated heterocycles. The molecule has 1 aromatic rings. The number of amidine groups is 1. The fourth-order valence-electron chi connectivity index (χ4n) is 3.27. The normalized spacial score (nSPS) is 19.8. The van der Waals surface area contributed by atoms with Crippen LogP contribution in [-0.4, -0.2) is 70.5 Å². The van der Waals surface area contributed by atoms with Crippen LogP contribution in [-0.2, 0) is 10.9 Å². The van der Waals surface area contributed by atoms with Crippen molar-refractivity contribution in [3.05, 3.63) is 11.8 Å². The van der Waals surface area contributed by atoms with Crippen LogP contribution >= 0.6 is 0 Å². The number of anilines is 1. The molecular weight excluding hydrogens is 403 g/mol. The SMILES string of the molecule is N=C1CCCCN1C(=N)N1CCCC1.Nc1ncc(C(F)(F)F)c(OC2COC2)n1. The average molecular weight is 429 g/mol. The summed E-state index contributed by atoms with van der Waals surface area (Å²) in [6.45, 7) is 3.38. The molecule has 4 rings (SSSR count). The van der Waals surface area contributed by atoms with E-state index in [9.17, 15) is 13.2 Å². The van der Waals surface area contributed by atoms with E-state index in [0.29, 0.717) is 18.0 Å². The van der Waals surface area contributed by atoms with E-state index in [1.807, 2.05) is 4.90 Å². The van der Waals surface area contributed by atoms with Gasteiger partial charge in [0, 0.05) is 32.3 Å². The van der Waals surface area contributed by atoms with Gasteiger partial charge in [0.2, 0.25) is 11.8 Å². The highest BCUT2D eigenvalue weighted by Crippen LogP contribution is 2.35. The Morgan fingerprint density at radius 1 is 1.17 bits per heavy atom. The summed E-state index contributed by atoms with van der Waals surface area (Å²) in [5.74, 6) is 0.386. The van der Waals surface area contributed by atoms with Crippen LogP contribution in [0.25, 0.3) is 0 Å². The number of rotatable bonds is 2. The molecule has 0 radical (unpaired) electrons. The maximum absolute atomic E-state index is 12.5. The van der Waals surface area contributed by atoms with Gasteiger partial charge in [0.05, 0.1) is 13.2 Å². The number of halogens is 3. The van der Waals surface area contributed by atoms with Crippen LogP contribution in [0.15, 0.2) is 6.20 Å². The zero-order valence-electron chi connectivity index (χ0n) is 16.5. The van der Waals surface area contributed by atoms with E-state index in [4.69, 9.17) is 26.0 Å². The molecule has 4 heterocycles. The number of nitrogens with two attached hydrogens (primary N) is 1. The maximum Gasteiger partial charge on any atom is 0.423 e. The van der Waals surface area contributed by atoms with Crippen molar-refractivity contribution in [2.45, 2.75) is 44.4 Å². The number of nitrogen functional groups attached to an aromatic ring is 1. The molecule has 0 bridgehead atoms. The van der Waals surface area contributed by atoms with Crippen LogP contribution in [0, 0.1) is 10.8 Å². The lowest BCUT2D eigenvalue weighted by Gasteiger charge is -2.33. The summed E-state index contributed by atoms with van der Waals surface area (Å²) in [4.78, 5) is 10.7. The molecule has 0 aromatic carbocycles. The fourth-order valence-corrected chi connectivity index (χ4v) is 3.27. The number of aromatic nitrogens is 2. The van der Waals surface area contributed by atoms with Crippen molar-refractivity contribution >= 4 is 17.7 Å². The second-order valence-corrected chi connectivity index (χ2v) is 7.30. The Morgan fingerprint density at radius 2 is 1.83 bits per heavy atom. The van der Waals surface area contributed by atoms with Gasteiger partial charge in [-0.15, -0.1) is 0 Å². The molecule has 3 aliphatic heterocycles. The summed E-state index contributed by atoms with van der Waals surface area (Å²) in [5, 5.41) is 15.8. The molecule has 0 unspecified atom stereocenters. The topological polar surface area (TPSA) is 124 Å². The van der Waals surface area contributed by atoms with Crippen molar-refractivity contribution in [3.63, 3.8) is 0 Å². The van der Waals surface area contributed by atoms with Crippen molar-refractivity contribution in [1.29, 1.82) is 10.8 Å². The van der Waals surface area contributed by atoms with E-state index in [-0.39, 0.29) is 19.2 Å². The molecule has 4 N–H and O–H groups in total. The Balaban J connectivity index is 0.000000172. The Labute approximate surface area is 172 Å². The Kier molecular flexibility index (Phi) is 6.95. The van der Waals surface area contributed by atoms with E-state index < -0.39 is 23.7 Å². The van der Waals surface area contributed by atoms with Gasteiger partial charge in [0.1, 0.15) is 17.5 Å². The van der Waals surface area contributed by atoms with Gasteiger partial charge < -0.3 is 25.0 Å². The number of piperidine rings is 1. The minimum absolute atomic E-state index is 0.251. The summed E-state index contributed by atoms with van der Waals surface area (Å²) in [6.07, 6.45) is 1.12. The van der Waals surface area contributed by atoms with Crippen molar-refractivity contribution < 1.29 is 22.6 Å². The van der Waals surface area contributed by atoms with Crippen LogP contribution in [0.2, 0.25) is 0 Å². The van der Waals surface area contributed by atoms with Crippen molar-refractivity contribution in [2.24, 2.45) is 0 Å². The van der Waals surface area contributed by atoms with Crippen LogP contribution < -0.4 is 10.5 Å². The summed E-state index contributed by atoms with van der Waals surface area (Å²) in [6, 6.07) is 0. The standard InChI is InChI=1S/C10H18N4.C8H8F3N3O2/c11-9-5-1-2-8-14(9)10(12)13-6-3-4-7-13;9-8(10,11)5-1-13-7(12)14-6(5)16-4-2-15-3-4/h11-12H,1-8H2;1,4H,2-3H2,(H2,12,13,14). The lowest BCUT2D eigenvalue weighted by Crippen LogP contribution is -2.47. The number of alkyl halides is 3. The summed E-state index contributed by atoms with van der Waals surface area (Å²) in [5.41, 5.74) is 4.17. The molecule has 0 aliphatic carbocycles. The van der Waals surface area contributed by atoms with E-state index >= 15 is 0 Å². The van der Waals surface area contributed by atoms with Gasteiger partial charge >= 0.3 is 6.18 Å². The van der Waals surface area contributed by atoms with Gasteiger partial charge in [-0.1, -0.05) is 0 Å². The first-order valence-electron chi connectivity index (χ1n) is 9.88. The van der Waals surface area contributed by atoms with Gasteiger partial charge in [0.15, 0.2) is 5.96 Å². The molecular formula is C18H26F3N7O2. The Hall–Kier alpha value is -2.63. The van der Waals surface area contributed by atoms with Crippen LogP contribution in [0.5, 0.6) is 5.88 Å². The number of ether oxygens (including phenoxy) is 2. The van der Waals surface area contributed by atoms with Crippen LogP contribution in [0.1, 0.15) is 37.7 Å². The van der Waals surface area contributed by atoms with E-state index in [2.05, 4.69) is 14.9 Å². The third-order valence-electron chi connectivity index (χ3n) is 5.00. The fraction of sp³-hybridized carbons (Fsp3) is 0.667. The molecule has 30 heavy (non-hydrogen) atoms. The number of guanidine groups is 1. The smallest absolute Gasteiger partial charge is 0.423 e. The van der Waals surface area contributed by atoms with Gasteiger partial charge in [0.25, 0.3) is 0 Å². The highest BCUT2D eigenvalue weighted by atomic mass is 19.4. The number of nitrogens with one attached hydrogen (secondary N) is 2. The predicted octanol–water partition coefficient (Wildman–Crippen LogP) is 2.34. The van der Waals surface area contributed by atoms with Crippen molar-refractivity contribution in [2.75, 3.05) is 38.6 Å². The highest BCUT2D eigenvalue weighted by molar-refractivity contribution is 5.97. The van der Waals surface area contributed by atoms with Gasteiger partial charge in [-0.2, -0.15) is 18.2 Å².